The molecule has 7 nitrogen and oxygen atoms in total. The van der Waals surface area contributed by atoms with Crippen molar-refractivity contribution >= 4 is 43.2 Å². The highest BCUT2D eigenvalue weighted by atomic mass is 79.9. The van der Waals surface area contributed by atoms with Gasteiger partial charge in [0.25, 0.3) is 0 Å². The van der Waals surface area contributed by atoms with Crippen molar-refractivity contribution in [2.45, 2.75) is 37.9 Å². The van der Waals surface area contributed by atoms with E-state index < -0.39 is 10.0 Å². The number of hydrogen-bond donors (Lipinski definition) is 2. The number of anilines is 2. The fourth-order valence-electron chi connectivity index (χ4n) is 3.33. The Bertz CT molecular complexity index is 1000. The average Bonchev–Trinajstić information content (AvgIpc) is 2.69. The van der Waals surface area contributed by atoms with Crippen molar-refractivity contribution in [1.82, 2.24) is 4.31 Å². The van der Waals surface area contributed by atoms with Crippen molar-refractivity contribution in [2.75, 3.05) is 30.3 Å². The molecule has 3 rings (SSSR count). The summed E-state index contributed by atoms with van der Waals surface area (Å²) in [4.78, 5) is 12.4. The zero-order valence-electron chi connectivity index (χ0n) is 17.2. The van der Waals surface area contributed by atoms with Crippen LogP contribution < -0.4 is 10.6 Å². The fraction of sp³-hybridized carbons (Fsp3) is 0.381. The van der Waals surface area contributed by atoms with Crippen molar-refractivity contribution in [3.05, 3.63) is 52.5 Å². The maximum absolute atomic E-state index is 12.9. The van der Waals surface area contributed by atoms with Gasteiger partial charge in [0.15, 0.2) is 0 Å². The number of nitrogens with zero attached hydrogens (tertiary/aromatic N) is 1. The summed E-state index contributed by atoms with van der Waals surface area (Å²) in [6.07, 6.45) is -0.282. The van der Waals surface area contributed by atoms with Crippen LogP contribution in [0.15, 0.2) is 51.8 Å². The zero-order chi connectivity index (χ0) is 21.9. The first-order valence-corrected chi connectivity index (χ1v) is 11.9. The Kier molecular flexibility index (Phi) is 7.18. The number of sulfonamides is 1. The molecule has 2 atom stereocenters. The highest BCUT2D eigenvalue weighted by molar-refractivity contribution is 9.10. The van der Waals surface area contributed by atoms with Gasteiger partial charge in [-0.3, -0.25) is 4.79 Å². The monoisotopic (exact) mass is 495 g/mol. The molecule has 0 unspecified atom stereocenters. The number of hydrogen-bond acceptors (Lipinski definition) is 5. The lowest BCUT2D eigenvalue weighted by Gasteiger charge is -2.34. The summed E-state index contributed by atoms with van der Waals surface area (Å²) in [5.74, 6) is -0.190. The second-order valence-corrected chi connectivity index (χ2v) is 10.3. The third kappa shape index (κ3) is 5.60. The number of amides is 1. The Labute approximate surface area is 186 Å². The lowest BCUT2D eigenvalue weighted by molar-refractivity contribution is -0.114. The van der Waals surface area contributed by atoms with Gasteiger partial charge in [-0.15, -0.1) is 0 Å². The number of aryl methyl sites for hydroxylation is 1. The highest BCUT2D eigenvalue weighted by Gasteiger charge is 2.32. The number of carbonyl (C=O) groups is 1. The maximum atomic E-state index is 12.9. The number of ether oxygens (including phenoxy) is 1. The second-order valence-electron chi connectivity index (χ2n) is 7.47. The van der Waals surface area contributed by atoms with Gasteiger partial charge in [-0.25, -0.2) is 8.42 Å². The Morgan fingerprint density at radius 3 is 2.30 bits per heavy atom. The van der Waals surface area contributed by atoms with E-state index in [1.165, 1.54) is 4.31 Å². The SMILES string of the molecule is Cc1cc(NC(=O)CNc2ccc(S(=O)(=O)N3C[C@@H](C)O[C@H](C)C3)cc2)ccc1Br. The van der Waals surface area contributed by atoms with Gasteiger partial charge in [0.2, 0.25) is 15.9 Å². The smallest absolute Gasteiger partial charge is 0.243 e. The number of rotatable bonds is 6. The molecule has 2 aromatic rings. The molecule has 1 saturated heterocycles. The van der Waals surface area contributed by atoms with Gasteiger partial charge in [-0.05, 0) is 68.8 Å². The van der Waals surface area contributed by atoms with Gasteiger partial charge >= 0.3 is 0 Å². The topological polar surface area (TPSA) is 87.7 Å². The zero-order valence-corrected chi connectivity index (χ0v) is 19.6. The molecule has 1 fully saturated rings. The number of halogens is 1. The average molecular weight is 496 g/mol. The van der Waals surface area contributed by atoms with E-state index in [0.717, 1.165) is 15.7 Å². The Morgan fingerprint density at radius 2 is 1.70 bits per heavy atom. The fourth-order valence-corrected chi connectivity index (χ4v) is 5.17. The van der Waals surface area contributed by atoms with Crippen molar-refractivity contribution in [1.29, 1.82) is 0 Å². The summed E-state index contributed by atoms with van der Waals surface area (Å²) >= 11 is 3.43. The van der Waals surface area contributed by atoms with Gasteiger partial charge < -0.3 is 15.4 Å². The van der Waals surface area contributed by atoms with Crippen LogP contribution in [0.3, 0.4) is 0 Å². The maximum Gasteiger partial charge on any atom is 0.243 e. The molecule has 0 bridgehead atoms. The molecule has 1 aliphatic heterocycles. The van der Waals surface area contributed by atoms with E-state index in [4.69, 9.17) is 4.74 Å². The molecule has 0 aromatic heterocycles. The van der Waals surface area contributed by atoms with E-state index in [2.05, 4.69) is 26.6 Å². The van der Waals surface area contributed by atoms with Crippen LogP contribution in [-0.2, 0) is 19.6 Å². The van der Waals surface area contributed by atoms with Crippen LogP contribution in [0.1, 0.15) is 19.4 Å². The first kappa shape index (κ1) is 22.7. The van der Waals surface area contributed by atoms with Gasteiger partial charge in [0.1, 0.15) is 0 Å². The number of benzene rings is 2. The Hall–Kier alpha value is -1.94. The van der Waals surface area contributed by atoms with Crippen LogP contribution in [-0.4, -0.2) is 50.5 Å². The van der Waals surface area contributed by atoms with Crippen LogP contribution in [0, 0.1) is 6.92 Å². The standard InChI is InChI=1S/C21H26BrN3O4S/c1-14-10-18(6-9-20(14)22)24-21(26)11-23-17-4-7-19(8-5-17)30(27,28)25-12-15(2)29-16(3)13-25/h4-10,15-16,23H,11-13H2,1-3H3,(H,24,26)/t15-,16-/m1/s1. The first-order valence-electron chi connectivity index (χ1n) is 9.70. The minimum Gasteiger partial charge on any atom is -0.376 e. The molecule has 1 heterocycles. The molecule has 0 saturated carbocycles. The molecule has 30 heavy (non-hydrogen) atoms. The van der Waals surface area contributed by atoms with Crippen LogP contribution >= 0.6 is 15.9 Å². The van der Waals surface area contributed by atoms with Crippen molar-refractivity contribution in [2.24, 2.45) is 0 Å². The second kappa shape index (κ2) is 9.47. The van der Waals surface area contributed by atoms with Gasteiger partial charge in [0, 0.05) is 28.9 Å². The summed E-state index contributed by atoms with van der Waals surface area (Å²) < 4.78 is 33.8. The summed E-state index contributed by atoms with van der Waals surface area (Å²) in [5, 5.41) is 5.84. The van der Waals surface area contributed by atoms with Gasteiger partial charge in [-0.1, -0.05) is 15.9 Å². The Balaban J connectivity index is 1.58. The van der Waals surface area contributed by atoms with E-state index >= 15 is 0 Å². The van der Waals surface area contributed by atoms with Crippen molar-refractivity contribution in [3.63, 3.8) is 0 Å². The van der Waals surface area contributed by atoms with Crippen LogP contribution in [0.2, 0.25) is 0 Å². The Morgan fingerprint density at radius 1 is 1.10 bits per heavy atom. The van der Waals surface area contributed by atoms with E-state index in [1.807, 2.05) is 39.0 Å². The predicted molar refractivity (Wildman–Crippen MR) is 121 cm³/mol. The summed E-state index contributed by atoms with van der Waals surface area (Å²) in [6, 6.07) is 12.0. The molecule has 0 aliphatic carbocycles. The molecule has 2 aromatic carbocycles. The minimum absolute atomic E-state index is 0.0691. The lowest BCUT2D eigenvalue weighted by atomic mass is 10.2. The molecule has 0 spiro atoms. The quantitative estimate of drug-likeness (QED) is 0.638. The van der Waals surface area contributed by atoms with Crippen LogP contribution in [0.5, 0.6) is 0 Å². The van der Waals surface area contributed by atoms with Gasteiger partial charge in [-0.2, -0.15) is 4.31 Å². The molecular weight excluding hydrogens is 470 g/mol. The molecule has 0 radical (unpaired) electrons. The van der Waals surface area contributed by atoms with E-state index in [0.29, 0.717) is 18.8 Å². The van der Waals surface area contributed by atoms with Crippen LogP contribution in [0.25, 0.3) is 0 Å². The number of carbonyl (C=O) groups excluding carboxylic acids is 1. The van der Waals surface area contributed by atoms with Crippen molar-refractivity contribution < 1.29 is 17.9 Å². The minimum atomic E-state index is -3.58. The van der Waals surface area contributed by atoms with E-state index in [1.54, 1.807) is 24.3 Å². The van der Waals surface area contributed by atoms with Gasteiger partial charge in [0.05, 0.1) is 23.6 Å². The van der Waals surface area contributed by atoms with Crippen LogP contribution in [0.4, 0.5) is 11.4 Å². The molecule has 9 heteroatoms. The number of nitrogens with one attached hydrogen (secondary N) is 2. The molecule has 2 N–H and O–H groups in total. The predicted octanol–water partition coefficient (Wildman–Crippen LogP) is 3.61. The highest BCUT2D eigenvalue weighted by Crippen LogP contribution is 2.23. The first-order chi connectivity index (χ1) is 14.1. The molecule has 1 aliphatic rings. The summed E-state index contributed by atoms with van der Waals surface area (Å²) in [5.41, 5.74) is 2.42. The number of morpholine rings is 1. The van der Waals surface area contributed by atoms with E-state index in [9.17, 15) is 13.2 Å². The summed E-state index contributed by atoms with van der Waals surface area (Å²) in [7, 11) is -3.58. The molecule has 162 valence electrons. The van der Waals surface area contributed by atoms with Crippen molar-refractivity contribution in [3.8, 4) is 0 Å². The summed E-state index contributed by atoms with van der Waals surface area (Å²) in [6.45, 7) is 6.42. The third-order valence-electron chi connectivity index (χ3n) is 4.77. The van der Waals surface area contributed by atoms with E-state index in [-0.39, 0.29) is 29.6 Å². The lowest BCUT2D eigenvalue weighted by Crippen LogP contribution is -2.48. The third-order valence-corrected chi connectivity index (χ3v) is 7.51. The normalized spacial score (nSPS) is 20.0. The molecule has 1 amide bonds. The molecular formula is C21H26BrN3O4S. The largest absolute Gasteiger partial charge is 0.376 e.